The number of rotatable bonds is 13. The van der Waals surface area contributed by atoms with E-state index in [4.69, 9.17) is 9.26 Å². The van der Waals surface area contributed by atoms with E-state index in [9.17, 15) is 19.8 Å². The number of carbonyl (C=O) groups is 2. The lowest BCUT2D eigenvalue weighted by Gasteiger charge is -2.32. The molecule has 6 aromatic rings. The Balaban J connectivity index is 0.791. The number of piperidine rings is 1. The number of likely N-dealkylation sites (tertiary alicyclic amines) is 2. The van der Waals surface area contributed by atoms with E-state index in [0.717, 1.165) is 52.4 Å². The number of aryl methyl sites for hydroxylation is 1. The van der Waals surface area contributed by atoms with Crippen molar-refractivity contribution in [3.8, 4) is 33.3 Å². The number of phenolic OH excluding ortho intramolecular Hbond substituents is 1. The molecule has 6 heterocycles. The lowest BCUT2D eigenvalue weighted by molar-refractivity contribution is -0.141. The standard InChI is InChI=1S/C45H50N8O6S/c1-24(2)39(44(57)53-20-28(54)16-35(53)43(56)48-45(4,5)27-12-10-26(11-13-27)41-25(3)47-23-60-41)37-18-38(51-59-37)58-15-14-52-21-32-33(22-52)40(32)31-19-46-42-30(31)17-34(49-50-42)29-8-6-7-9-36(29)55/h6-13,17-19,23-24,28,32-33,35,39-40,54-55H,14-16,20-22H2,1-5H3,(H,46,50)(H,48,56)/t28-,32-,33+,35+,39-,40?/m1/s1. The van der Waals surface area contributed by atoms with Gasteiger partial charge in [0.1, 0.15) is 24.3 Å². The van der Waals surface area contributed by atoms with Crippen molar-refractivity contribution < 1.29 is 29.1 Å². The Morgan fingerprint density at radius 1 is 1.07 bits per heavy atom. The molecule has 60 heavy (non-hydrogen) atoms. The monoisotopic (exact) mass is 830 g/mol. The number of ether oxygens (including phenoxy) is 1. The third-order valence-electron chi connectivity index (χ3n) is 12.6. The van der Waals surface area contributed by atoms with Gasteiger partial charge < -0.3 is 34.7 Å². The number of H-pyrrole nitrogens is 1. The first-order valence-electron chi connectivity index (χ1n) is 20.6. The molecule has 1 saturated carbocycles. The summed E-state index contributed by atoms with van der Waals surface area (Å²) in [7, 11) is 0. The van der Waals surface area contributed by atoms with Gasteiger partial charge in [-0.25, -0.2) is 4.98 Å². The summed E-state index contributed by atoms with van der Waals surface area (Å²) in [6.45, 7) is 12.8. The van der Waals surface area contributed by atoms with Gasteiger partial charge in [-0.1, -0.05) is 50.2 Å². The summed E-state index contributed by atoms with van der Waals surface area (Å²) in [5, 5.41) is 38.2. The van der Waals surface area contributed by atoms with Crippen molar-refractivity contribution >= 4 is 34.2 Å². The van der Waals surface area contributed by atoms with E-state index in [2.05, 4.69) is 41.7 Å². The summed E-state index contributed by atoms with van der Waals surface area (Å²) in [5.41, 5.74) is 7.35. The van der Waals surface area contributed by atoms with Gasteiger partial charge in [-0.05, 0) is 84.5 Å². The number of carbonyl (C=O) groups excluding carboxylic acids is 2. The molecule has 14 nitrogen and oxygen atoms in total. The van der Waals surface area contributed by atoms with E-state index in [-0.39, 0.29) is 36.4 Å². The zero-order valence-corrected chi connectivity index (χ0v) is 35.1. The van der Waals surface area contributed by atoms with Crippen LogP contribution in [-0.2, 0) is 15.1 Å². The third kappa shape index (κ3) is 7.54. The topological polar surface area (TPSA) is 183 Å². The number of fused-ring (bicyclic) bond motifs is 2. The highest BCUT2D eigenvalue weighted by Gasteiger charge is 2.56. The third-order valence-corrected chi connectivity index (χ3v) is 13.6. The zero-order chi connectivity index (χ0) is 41.9. The first-order chi connectivity index (χ1) is 28.9. The van der Waals surface area contributed by atoms with Crippen LogP contribution < -0.4 is 10.1 Å². The Kier molecular flexibility index (Phi) is 10.5. The molecule has 4 aromatic heterocycles. The number of para-hydroxylation sites is 1. The van der Waals surface area contributed by atoms with Crippen LogP contribution in [0.1, 0.15) is 68.5 Å². The number of benzene rings is 2. The molecule has 312 valence electrons. The SMILES string of the molecule is Cc1ncsc1-c1ccc(C(C)(C)NC(=O)[C@@H]2C[C@@H](O)CN2C(=O)[C@@H](c2cc(OCCN3C[C@@H]4C(c5c[nH]c6nnc(-c7ccccc7O)cc56)[C@@H]4C3)no2)C(C)C)cc1. The minimum absolute atomic E-state index is 0.0489. The second-order valence-corrected chi connectivity index (χ2v) is 18.2. The summed E-state index contributed by atoms with van der Waals surface area (Å²) >= 11 is 1.59. The number of phenols is 1. The van der Waals surface area contributed by atoms with Crippen molar-refractivity contribution in [2.24, 2.45) is 17.8 Å². The number of hydrogen-bond acceptors (Lipinski definition) is 12. The molecule has 1 unspecified atom stereocenters. The van der Waals surface area contributed by atoms with Crippen molar-refractivity contribution in [3.05, 3.63) is 95.0 Å². The van der Waals surface area contributed by atoms with E-state index in [1.165, 1.54) is 10.5 Å². The number of thiazole rings is 1. The summed E-state index contributed by atoms with van der Waals surface area (Å²) < 4.78 is 11.8. The number of aromatic amines is 1. The van der Waals surface area contributed by atoms with Gasteiger partial charge in [-0.15, -0.1) is 21.5 Å². The normalized spacial score (nSPS) is 22.1. The van der Waals surface area contributed by atoms with Crippen molar-refractivity contribution in [3.63, 3.8) is 0 Å². The molecular formula is C45H50N8O6S. The number of aliphatic hydroxyl groups is 1. The molecule has 2 saturated heterocycles. The average Bonchev–Trinajstić information content (AvgIpc) is 3.92. The molecule has 1 aliphatic carbocycles. The molecule has 9 rings (SSSR count). The van der Waals surface area contributed by atoms with Crippen LogP contribution in [0.4, 0.5) is 0 Å². The highest BCUT2D eigenvalue weighted by molar-refractivity contribution is 7.13. The number of nitrogens with zero attached hydrogens (tertiary/aromatic N) is 6. The smallest absolute Gasteiger partial charge is 0.254 e. The largest absolute Gasteiger partial charge is 0.507 e. The van der Waals surface area contributed by atoms with E-state index in [1.807, 2.05) is 82.6 Å². The van der Waals surface area contributed by atoms with Crippen molar-refractivity contribution in [1.29, 1.82) is 0 Å². The fraction of sp³-hybridized carbons (Fsp3) is 0.422. The minimum atomic E-state index is -0.845. The Labute approximate surface area is 352 Å². The number of hydrogen-bond donors (Lipinski definition) is 4. The van der Waals surface area contributed by atoms with E-state index < -0.39 is 23.6 Å². The number of aliphatic hydroxyl groups excluding tert-OH is 1. The van der Waals surface area contributed by atoms with Crippen LogP contribution in [0.2, 0.25) is 0 Å². The number of aromatic nitrogens is 5. The van der Waals surface area contributed by atoms with Crippen molar-refractivity contribution in [1.82, 2.24) is 40.4 Å². The number of nitrogens with one attached hydrogen (secondary N) is 2. The van der Waals surface area contributed by atoms with Crippen LogP contribution in [-0.4, -0.2) is 102 Å². The first-order valence-corrected chi connectivity index (χ1v) is 21.5. The van der Waals surface area contributed by atoms with Gasteiger partial charge in [0.05, 0.1) is 33.4 Å². The predicted molar refractivity (Wildman–Crippen MR) is 226 cm³/mol. The number of amides is 2. The van der Waals surface area contributed by atoms with Gasteiger partial charge in [0, 0.05) is 55.8 Å². The maximum atomic E-state index is 14.2. The number of β-amino-alcohol motifs (C(OH)–C–C–N with tert-alkyl or cyclic N) is 1. The highest BCUT2D eigenvalue weighted by Crippen LogP contribution is 2.59. The van der Waals surface area contributed by atoms with Crippen molar-refractivity contribution in [2.45, 2.75) is 70.6 Å². The van der Waals surface area contributed by atoms with Crippen LogP contribution >= 0.6 is 11.3 Å². The molecule has 0 radical (unpaired) electrons. The second kappa shape index (κ2) is 15.8. The second-order valence-electron chi connectivity index (χ2n) is 17.4. The van der Waals surface area contributed by atoms with Crippen LogP contribution in [0.5, 0.6) is 11.6 Å². The van der Waals surface area contributed by atoms with Gasteiger partial charge in [0.15, 0.2) is 11.4 Å². The Morgan fingerprint density at radius 3 is 2.55 bits per heavy atom. The quantitative estimate of drug-likeness (QED) is 0.104. The van der Waals surface area contributed by atoms with Gasteiger partial charge in [-0.3, -0.25) is 14.5 Å². The molecule has 2 aromatic carbocycles. The maximum Gasteiger partial charge on any atom is 0.254 e. The summed E-state index contributed by atoms with van der Waals surface area (Å²) in [5.74, 6) is 0.834. The van der Waals surface area contributed by atoms with Crippen LogP contribution in [0, 0.1) is 24.7 Å². The first kappa shape index (κ1) is 39.8. The average molecular weight is 831 g/mol. The molecule has 6 atom stereocenters. The lowest BCUT2D eigenvalue weighted by atomic mass is 9.91. The minimum Gasteiger partial charge on any atom is -0.507 e. The Hall–Kier alpha value is -5.64. The Bertz CT molecular complexity index is 2520. The van der Waals surface area contributed by atoms with Gasteiger partial charge in [0.2, 0.25) is 11.8 Å². The summed E-state index contributed by atoms with van der Waals surface area (Å²) in [4.78, 5) is 40.8. The molecule has 2 amide bonds. The van der Waals surface area contributed by atoms with Crippen LogP contribution in [0.25, 0.3) is 32.7 Å². The molecule has 0 bridgehead atoms. The molecule has 4 N–H and O–H groups in total. The van der Waals surface area contributed by atoms with E-state index >= 15 is 0 Å². The van der Waals surface area contributed by atoms with Gasteiger partial charge >= 0.3 is 0 Å². The fourth-order valence-corrected chi connectivity index (χ4v) is 10.2. The summed E-state index contributed by atoms with van der Waals surface area (Å²) in [6.07, 6.45) is 1.36. The maximum absolute atomic E-state index is 14.2. The molecule has 0 spiro atoms. The van der Waals surface area contributed by atoms with Crippen molar-refractivity contribution in [2.75, 3.05) is 32.8 Å². The predicted octanol–water partition coefficient (Wildman–Crippen LogP) is 6.23. The van der Waals surface area contributed by atoms with Gasteiger partial charge in [0.25, 0.3) is 5.88 Å². The summed E-state index contributed by atoms with van der Waals surface area (Å²) in [6, 6.07) is 18.1. The highest BCUT2D eigenvalue weighted by atomic mass is 32.1. The van der Waals surface area contributed by atoms with Crippen LogP contribution in [0.3, 0.4) is 0 Å². The Morgan fingerprint density at radius 2 is 1.83 bits per heavy atom. The van der Waals surface area contributed by atoms with E-state index in [0.29, 0.717) is 47.3 Å². The van der Waals surface area contributed by atoms with Gasteiger partial charge in [-0.2, -0.15) is 0 Å². The van der Waals surface area contributed by atoms with E-state index in [1.54, 1.807) is 29.5 Å². The van der Waals surface area contributed by atoms with Crippen LogP contribution in [0.15, 0.2) is 76.9 Å². The molecule has 2 aliphatic heterocycles. The number of aromatic hydroxyl groups is 1. The molecule has 3 fully saturated rings. The molecule has 15 heteroatoms. The lowest BCUT2D eigenvalue weighted by Crippen LogP contribution is -2.52. The fourth-order valence-electron chi connectivity index (χ4n) is 9.36. The zero-order valence-electron chi connectivity index (χ0n) is 34.3. The molecule has 3 aliphatic rings. The molecular weight excluding hydrogens is 781 g/mol.